The highest BCUT2D eigenvalue weighted by Crippen LogP contribution is 2.27. The minimum Gasteiger partial charge on any atom is -0.481 e. The Morgan fingerprint density at radius 1 is 1.39 bits per heavy atom. The number of carbonyl (C=O) groups excluding carboxylic acids is 1. The average Bonchev–Trinajstić information content (AvgIpc) is 3.15. The lowest BCUT2D eigenvalue weighted by Gasteiger charge is -2.32. The van der Waals surface area contributed by atoms with Crippen LogP contribution in [-0.4, -0.2) is 50.3 Å². The van der Waals surface area contributed by atoms with Crippen molar-refractivity contribution in [2.45, 2.75) is 37.8 Å². The van der Waals surface area contributed by atoms with Crippen LogP contribution in [0.15, 0.2) is 35.7 Å². The fraction of sp³-hybridized carbons (Fsp3) is 0.450. The van der Waals surface area contributed by atoms with Crippen LogP contribution in [0.1, 0.15) is 31.2 Å². The van der Waals surface area contributed by atoms with Gasteiger partial charge in [0.1, 0.15) is 0 Å². The molecule has 0 radical (unpaired) electrons. The molecule has 1 amide bonds. The minimum atomic E-state index is -0.776. The lowest BCUT2D eigenvalue weighted by atomic mass is 9.93. The number of benzene rings is 1. The van der Waals surface area contributed by atoms with E-state index in [4.69, 9.17) is 16.7 Å². The highest BCUT2D eigenvalue weighted by atomic mass is 35.5. The molecule has 3 rings (SSSR count). The summed E-state index contributed by atoms with van der Waals surface area (Å²) >= 11 is 7.64. The van der Waals surface area contributed by atoms with E-state index in [-0.39, 0.29) is 18.2 Å². The molecule has 8 heteroatoms. The number of aliphatic carboxylic acids is 1. The smallest absolute Gasteiger partial charge is 0.303 e. The summed E-state index contributed by atoms with van der Waals surface area (Å²) in [7, 11) is 0. The van der Waals surface area contributed by atoms with Crippen molar-refractivity contribution in [1.82, 2.24) is 14.5 Å². The van der Waals surface area contributed by atoms with E-state index in [2.05, 4.69) is 4.98 Å². The number of hydrogen-bond donors (Lipinski definition) is 1. The van der Waals surface area contributed by atoms with Crippen molar-refractivity contribution in [2.75, 3.05) is 18.8 Å². The zero-order chi connectivity index (χ0) is 20.1. The van der Waals surface area contributed by atoms with Crippen molar-refractivity contribution in [3.05, 3.63) is 41.2 Å². The van der Waals surface area contributed by atoms with Crippen LogP contribution in [0.3, 0.4) is 0 Å². The number of nitrogens with zero attached hydrogens (tertiary/aromatic N) is 3. The van der Waals surface area contributed by atoms with E-state index >= 15 is 0 Å². The summed E-state index contributed by atoms with van der Waals surface area (Å²) in [6.07, 6.45) is 6.30. The summed E-state index contributed by atoms with van der Waals surface area (Å²) in [6.45, 7) is 3.35. The van der Waals surface area contributed by atoms with Gasteiger partial charge in [-0.05, 0) is 49.8 Å². The second-order valence-electron chi connectivity index (χ2n) is 7.03. The van der Waals surface area contributed by atoms with Crippen LogP contribution >= 0.6 is 23.4 Å². The molecule has 0 saturated carbocycles. The van der Waals surface area contributed by atoms with Gasteiger partial charge in [-0.3, -0.25) is 14.2 Å². The molecule has 1 aromatic heterocycles. The molecular weight excluding hydrogens is 398 g/mol. The average molecular weight is 422 g/mol. The zero-order valence-electron chi connectivity index (χ0n) is 15.8. The van der Waals surface area contributed by atoms with Crippen molar-refractivity contribution in [3.8, 4) is 5.69 Å². The van der Waals surface area contributed by atoms with Gasteiger partial charge in [0, 0.05) is 36.9 Å². The first-order valence-electron chi connectivity index (χ1n) is 9.37. The zero-order valence-corrected chi connectivity index (χ0v) is 17.4. The Morgan fingerprint density at radius 3 is 3.00 bits per heavy atom. The fourth-order valence-corrected chi connectivity index (χ4v) is 4.55. The highest BCUT2D eigenvalue weighted by molar-refractivity contribution is 7.99. The summed E-state index contributed by atoms with van der Waals surface area (Å²) in [4.78, 5) is 29.7. The first kappa shape index (κ1) is 20.7. The number of aromatic nitrogens is 2. The molecule has 0 unspecified atom stereocenters. The number of piperidine rings is 1. The molecule has 28 heavy (non-hydrogen) atoms. The van der Waals surface area contributed by atoms with Gasteiger partial charge in [-0.15, -0.1) is 0 Å². The number of rotatable bonds is 7. The molecule has 150 valence electrons. The van der Waals surface area contributed by atoms with Gasteiger partial charge in [0.2, 0.25) is 5.91 Å². The topological polar surface area (TPSA) is 75.4 Å². The molecule has 1 atom stereocenters. The Balaban J connectivity index is 1.60. The predicted molar refractivity (Wildman–Crippen MR) is 110 cm³/mol. The van der Waals surface area contributed by atoms with Crippen LogP contribution in [0.2, 0.25) is 5.02 Å². The molecule has 2 heterocycles. The first-order valence-corrected chi connectivity index (χ1v) is 10.7. The number of carbonyl (C=O) groups is 2. The van der Waals surface area contributed by atoms with Crippen molar-refractivity contribution in [3.63, 3.8) is 0 Å². The SMILES string of the molecule is Cc1c(Cl)cccc1-n1ccnc1SCC(=O)N1CCC[C@H](CCC(=O)O)C1. The van der Waals surface area contributed by atoms with Gasteiger partial charge in [-0.2, -0.15) is 0 Å². The molecule has 0 bridgehead atoms. The van der Waals surface area contributed by atoms with Crippen LogP contribution in [0.25, 0.3) is 5.69 Å². The maximum absolute atomic E-state index is 12.7. The number of halogens is 1. The monoisotopic (exact) mass is 421 g/mol. The third-order valence-electron chi connectivity index (χ3n) is 5.07. The molecule has 2 aromatic rings. The van der Waals surface area contributed by atoms with E-state index in [1.165, 1.54) is 11.8 Å². The van der Waals surface area contributed by atoms with Crippen LogP contribution < -0.4 is 0 Å². The van der Waals surface area contributed by atoms with Gasteiger partial charge < -0.3 is 10.0 Å². The molecule has 6 nitrogen and oxygen atoms in total. The lowest BCUT2D eigenvalue weighted by molar-refractivity contribution is -0.137. The lowest BCUT2D eigenvalue weighted by Crippen LogP contribution is -2.41. The number of carboxylic acids is 1. The number of carboxylic acid groups (broad SMARTS) is 1. The fourth-order valence-electron chi connectivity index (χ4n) is 3.51. The maximum Gasteiger partial charge on any atom is 0.303 e. The maximum atomic E-state index is 12.7. The van der Waals surface area contributed by atoms with Crippen LogP contribution in [0.4, 0.5) is 0 Å². The predicted octanol–water partition coefficient (Wildman–Crippen LogP) is 4.03. The summed E-state index contributed by atoms with van der Waals surface area (Å²) < 4.78 is 1.95. The summed E-state index contributed by atoms with van der Waals surface area (Å²) in [5, 5.41) is 10.3. The third-order valence-corrected chi connectivity index (χ3v) is 6.43. The number of imidazole rings is 1. The molecule has 1 aliphatic heterocycles. The van der Waals surface area contributed by atoms with Crippen molar-refractivity contribution >= 4 is 35.2 Å². The Kier molecular flexibility index (Phi) is 7.02. The van der Waals surface area contributed by atoms with Crippen molar-refractivity contribution in [2.24, 2.45) is 5.92 Å². The summed E-state index contributed by atoms with van der Waals surface area (Å²) in [5.41, 5.74) is 1.92. The molecule has 1 saturated heterocycles. The van der Waals surface area contributed by atoms with Gasteiger partial charge in [-0.25, -0.2) is 4.98 Å². The number of likely N-dealkylation sites (tertiary alicyclic amines) is 1. The van der Waals surface area contributed by atoms with Gasteiger partial charge >= 0.3 is 5.97 Å². The Labute approximate surface area is 173 Å². The van der Waals surface area contributed by atoms with Crippen LogP contribution in [0.5, 0.6) is 0 Å². The van der Waals surface area contributed by atoms with Crippen molar-refractivity contribution in [1.29, 1.82) is 0 Å². The van der Waals surface area contributed by atoms with Crippen molar-refractivity contribution < 1.29 is 14.7 Å². The molecule has 0 spiro atoms. The summed E-state index contributed by atoms with van der Waals surface area (Å²) in [6, 6.07) is 5.73. The Hall–Kier alpha value is -1.99. The molecule has 1 fully saturated rings. The molecule has 0 aliphatic carbocycles. The van der Waals surface area contributed by atoms with Gasteiger partial charge in [-0.1, -0.05) is 29.4 Å². The van der Waals surface area contributed by atoms with Gasteiger partial charge in [0.15, 0.2) is 5.16 Å². The minimum absolute atomic E-state index is 0.0717. The van der Waals surface area contributed by atoms with Gasteiger partial charge in [0.05, 0.1) is 11.4 Å². The van der Waals surface area contributed by atoms with E-state index in [1.807, 2.05) is 40.8 Å². The molecule has 1 N–H and O–H groups in total. The second kappa shape index (κ2) is 9.47. The number of thioether (sulfide) groups is 1. The van der Waals surface area contributed by atoms with E-state index in [9.17, 15) is 9.59 Å². The number of hydrogen-bond acceptors (Lipinski definition) is 4. The third kappa shape index (κ3) is 5.08. The Bertz CT molecular complexity index is 855. The molecular formula is C20H24ClN3O3S. The number of amides is 1. The normalized spacial score (nSPS) is 16.9. The first-order chi connectivity index (χ1) is 13.5. The Morgan fingerprint density at radius 2 is 2.21 bits per heavy atom. The standard InChI is InChI=1S/C20H24ClN3O3S/c1-14-16(21)5-2-6-17(14)24-11-9-22-20(24)28-13-18(25)23-10-3-4-15(12-23)7-8-19(26)27/h2,5-6,9,11,15H,3-4,7-8,10,12-13H2,1H3,(H,26,27)/t15-/m1/s1. The van der Waals surface area contributed by atoms with E-state index in [0.717, 1.165) is 35.8 Å². The molecule has 1 aromatic carbocycles. The largest absolute Gasteiger partial charge is 0.481 e. The van der Waals surface area contributed by atoms with Crippen LogP contribution in [-0.2, 0) is 9.59 Å². The molecule has 1 aliphatic rings. The van der Waals surface area contributed by atoms with E-state index in [0.29, 0.717) is 23.7 Å². The van der Waals surface area contributed by atoms with E-state index < -0.39 is 5.97 Å². The summed E-state index contributed by atoms with van der Waals surface area (Å²) in [5.74, 6) is -0.123. The second-order valence-corrected chi connectivity index (χ2v) is 8.38. The van der Waals surface area contributed by atoms with Gasteiger partial charge in [0.25, 0.3) is 0 Å². The van der Waals surface area contributed by atoms with Crippen LogP contribution in [0, 0.1) is 12.8 Å². The highest BCUT2D eigenvalue weighted by Gasteiger charge is 2.24. The van der Waals surface area contributed by atoms with E-state index in [1.54, 1.807) is 6.20 Å². The quantitative estimate of drug-likeness (QED) is 0.683.